The maximum absolute atomic E-state index is 12.7. The van der Waals surface area contributed by atoms with Gasteiger partial charge < -0.3 is 10.6 Å². The summed E-state index contributed by atoms with van der Waals surface area (Å²) in [6, 6.07) is 5.90. The van der Waals surface area contributed by atoms with Crippen LogP contribution in [0.3, 0.4) is 0 Å². The highest BCUT2D eigenvalue weighted by atomic mass is 32.2. The Labute approximate surface area is 148 Å². The molecule has 2 amide bonds. The Morgan fingerprint density at radius 2 is 1.84 bits per heavy atom. The van der Waals surface area contributed by atoms with Crippen molar-refractivity contribution in [2.24, 2.45) is 11.7 Å². The van der Waals surface area contributed by atoms with E-state index in [2.05, 4.69) is 0 Å². The van der Waals surface area contributed by atoms with Crippen LogP contribution in [0.15, 0.2) is 29.2 Å². The molecule has 0 bridgehead atoms. The summed E-state index contributed by atoms with van der Waals surface area (Å²) in [5.74, 6) is -0.764. The van der Waals surface area contributed by atoms with Crippen molar-refractivity contribution in [3.8, 4) is 0 Å². The second-order valence-electron chi connectivity index (χ2n) is 6.61. The summed E-state index contributed by atoms with van der Waals surface area (Å²) in [6.07, 6.45) is 1.07. The molecule has 138 valence electrons. The molecule has 1 aromatic carbocycles. The number of sulfonamides is 1. The fraction of sp³-hybridized carbons (Fsp3) is 0.529. The third-order valence-electron chi connectivity index (χ3n) is 4.67. The van der Waals surface area contributed by atoms with E-state index in [0.29, 0.717) is 31.5 Å². The van der Waals surface area contributed by atoms with Crippen molar-refractivity contribution in [3.63, 3.8) is 0 Å². The highest BCUT2D eigenvalue weighted by Crippen LogP contribution is 2.21. The van der Waals surface area contributed by atoms with Gasteiger partial charge in [0.05, 0.1) is 4.90 Å². The molecule has 0 aromatic heterocycles. The monoisotopic (exact) mass is 367 g/mol. The van der Waals surface area contributed by atoms with Crippen molar-refractivity contribution < 1.29 is 18.0 Å². The molecule has 25 heavy (non-hydrogen) atoms. The lowest BCUT2D eigenvalue weighted by atomic mass is 9.96. The Balaban J connectivity index is 2.19. The van der Waals surface area contributed by atoms with Gasteiger partial charge in [-0.25, -0.2) is 8.42 Å². The van der Waals surface area contributed by atoms with E-state index in [1.54, 1.807) is 30.9 Å². The lowest BCUT2D eigenvalue weighted by Gasteiger charge is -2.30. The third kappa shape index (κ3) is 4.19. The number of amides is 2. The van der Waals surface area contributed by atoms with Crippen molar-refractivity contribution in [2.45, 2.75) is 37.6 Å². The number of likely N-dealkylation sites (tertiary alicyclic amines) is 1. The average Bonchev–Trinajstić information content (AvgIpc) is 2.60. The van der Waals surface area contributed by atoms with Gasteiger partial charge in [-0.3, -0.25) is 9.59 Å². The molecule has 7 nitrogen and oxygen atoms in total. The van der Waals surface area contributed by atoms with Gasteiger partial charge >= 0.3 is 0 Å². The minimum absolute atomic E-state index is 0.0987. The van der Waals surface area contributed by atoms with E-state index in [1.165, 1.54) is 23.5 Å². The molecule has 1 fully saturated rings. The quantitative estimate of drug-likeness (QED) is 0.840. The van der Waals surface area contributed by atoms with Gasteiger partial charge in [0.2, 0.25) is 15.9 Å². The summed E-state index contributed by atoms with van der Waals surface area (Å²) < 4.78 is 26.5. The number of nitrogens with zero attached hydrogens (tertiary/aromatic N) is 2. The summed E-state index contributed by atoms with van der Waals surface area (Å²) >= 11 is 0. The molecule has 8 heteroatoms. The zero-order chi connectivity index (χ0) is 18.8. The van der Waals surface area contributed by atoms with E-state index >= 15 is 0 Å². The lowest BCUT2D eigenvalue weighted by molar-refractivity contribution is -0.123. The molecule has 0 saturated carbocycles. The normalized spacial score (nSPS) is 16.4. The number of hydrogen-bond donors (Lipinski definition) is 1. The van der Waals surface area contributed by atoms with Gasteiger partial charge in [0.25, 0.3) is 5.91 Å². The smallest absolute Gasteiger partial charge is 0.253 e. The molecular weight excluding hydrogens is 342 g/mol. The summed E-state index contributed by atoms with van der Waals surface area (Å²) in [6.45, 7) is 4.45. The summed E-state index contributed by atoms with van der Waals surface area (Å²) in [5, 5.41) is 0. The first-order chi connectivity index (χ1) is 11.6. The predicted molar refractivity (Wildman–Crippen MR) is 94.3 cm³/mol. The van der Waals surface area contributed by atoms with E-state index < -0.39 is 10.0 Å². The molecule has 0 atom stereocenters. The Hall–Kier alpha value is -1.93. The van der Waals surface area contributed by atoms with Crippen molar-refractivity contribution in [1.82, 2.24) is 9.21 Å². The number of benzene rings is 1. The van der Waals surface area contributed by atoms with E-state index in [0.717, 1.165) is 0 Å². The standard InChI is InChI=1S/C17H25N3O4S/c1-12(2)19(3)25(23,24)15-6-4-5-14(11-15)17(22)20-9-7-13(8-10-20)16(18)21/h4-6,11-13H,7-10H2,1-3H3,(H2,18,21). The van der Waals surface area contributed by atoms with E-state index in [-0.39, 0.29) is 28.7 Å². The van der Waals surface area contributed by atoms with Crippen molar-refractivity contribution in [3.05, 3.63) is 29.8 Å². The van der Waals surface area contributed by atoms with Crippen molar-refractivity contribution in [1.29, 1.82) is 0 Å². The first kappa shape index (κ1) is 19.4. The number of rotatable bonds is 5. The summed E-state index contributed by atoms with van der Waals surface area (Å²) in [5.41, 5.74) is 5.64. The van der Waals surface area contributed by atoms with Crippen LogP contribution in [-0.2, 0) is 14.8 Å². The van der Waals surface area contributed by atoms with Gasteiger partial charge in [0, 0.05) is 37.7 Å². The molecule has 0 radical (unpaired) electrons. The van der Waals surface area contributed by atoms with Crippen LogP contribution in [0.4, 0.5) is 0 Å². The first-order valence-corrected chi connectivity index (χ1v) is 9.75. The number of carbonyl (C=O) groups is 2. The van der Waals surface area contributed by atoms with E-state index in [4.69, 9.17) is 5.73 Å². The first-order valence-electron chi connectivity index (χ1n) is 8.31. The molecule has 1 saturated heterocycles. The highest BCUT2D eigenvalue weighted by molar-refractivity contribution is 7.89. The topological polar surface area (TPSA) is 101 Å². The van der Waals surface area contributed by atoms with Crippen molar-refractivity contribution >= 4 is 21.8 Å². The number of piperidine rings is 1. The van der Waals surface area contributed by atoms with Gasteiger partial charge in [-0.15, -0.1) is 0 Å². The lowest BCUT2D eigenvalue weighted by Crippen LogP contribution is -2.41. The maximum atomic E-state index is 12.7. The maximum Gasteiger partial charge on any atom is 0.253 e. The Morgan fingerprint density at radius 3 is 2.36 bits per heavy atom. The third-order valence-corrected chi connectivity index (χ3v) is 6.70. The number of nitrogens with two attached hydrogens (primary N) is 1. The summed E-state index contributed by atoms with van der Waals surface area (Å²) in [4.78, 5) is 25.6. The molecule has 2 rings (SSSR count). The van der Waals surface area contributed by atoms with Gasteiger partial charge in [0.15, 0.2) is 0 Å². The van der Waals surface area contributed by atoms with Gasteiger partial charge in [-0.05, 0) is 44.9 Å². The minimum atomic E-state index is -3.64. The number of primary amides is 1. The Kier molecular flexibility index (Phi) is 5.84. The highest BCUT2D eigenvalue weighted by Gasteiger charge is 2.28. The molecule has 1 aromatic rings. The Bertz CT molecular complexity index is 753. The fourth-order valence-electron chi connectivity index (χ4n) is 2.78. The van der Waals surface area contributed by atoms with Crippen LogP contribution < -0.4 is 5.73 Å². The van der Waals surface area contributed by atoms with Crippen LogP contribution in [0.25, 0.3) is 0 Å². The number of carbonyl (C=O) groups excluding carboxylic acids is 2. The Morgan fingerprint density at radius 1 is 1.24 bits per heavy atom. The fourth-order valence-corrected chi connectivity index (χ4v) is 4.20. The van der Waals surface area contributed by atoms with E-state index in [1.807, 2.05) is 0 Å². The molecule has 1 heterocycles. The molecule has 2 N–H and O–H groups in total. The molecule has 1 aliphatic rings. The SMILES string of the molecule is CC(C)N(C)S(=O)(=O)c1cccc(C(=O)N2CCC(C(N)=O)CC2)c1. The van der Waals surface area contributed by atoms with Crippen LogP contribution in [-0.4, -0.2) is 55.6 Å². The molecule has 0 spiro atoms. The largest absolute Gasteiger partial charge is 0.369 e. The molecule has 1 aliphatic heterocycles. The zero-order valence-corrected chi connectivity index (χ0v) is 15.6. The van der Waals surface area contributed by atoms with E-state index in [9.17, 15) is 18.0 Å². The zero-order valence-electron chi connectivity index (χ0n) is 14.8. The number of hydrogen-bond acceptors (Lipinski definition) is 4. The molecular formula is C17H25N3O4S. The minimum Gasteiger partial charge on any atom is -0.369 e. The molecule has 0 aliphatic carbocycles. The van der Waals surface area contributed by atoms with Crippen LogP contribution >= 0.6 is 0 Å². The van der Waals surface area contributed by atoms with Crippen molar-refractivity contribution in [2.75, 3.05) is 20.1 Å². The average molecular weight is 367 g/mol. The summed E-state index contributed by atoms with van der Waals surface area (Å²) in [7, 11) is -2.13. The molecule has 0 unspecified atom stereocenters. The van der Waals surface area contributed by atoms with Gasteiger partial charge in [0.1, 0.15) is 0 Å². The van der Waals surface area contributed by atoms with Crippen LogP contribution in [0.5, 0.6) is 0 Å². The van der Waals surface area contributed by atoms with Gasteiger partial charge in [-0.2, -0.15) is 4.31 Å². The van der Waals surface area contributed by atoms with Gasteiger partial charge in [-0.1, -0.05) is 6.07 Å². The predicted octanol–water partition coefficient (Wildman–Crippen LogP) is 1.05. The second-order valence-corrected chi connectivity index (χ2v) is 8.61. The van der Waals surface area contributed by atoms with Crippen LogP contribution in [0, 0.1) is 5.92 Å². The van der Waals surface area contributed by atoms with Crippen LogP contribution in [0.2, 0.25) is 0 Å². The second kappa shape index (κ2) is 7.53. The van der Waals surface area contributed by atoms with Crippen LogP contribution in [0.1, 0.15) is 37.0 Å².